The van der Waals surface area contributed by atoms with Crippen LogP contribution in [-0.2, 0) is 0 Å². The standard InChI is InChI=1S/C13H17N3O3/c1-10-4-3-7-15(9-10)13(17)14-11-5-2-6-12(8-11)16(18)19/h2,5-6,8,10H,3-4,7,9H2,1H3,(H,14,17). The number of amides is 2. The molecule has 1 fully saturated rings. The van der Waals surface area contributed by atoms with Crippen molar-refractivity contribution in [1.82, 2.24) is 4.90 Å². The lowest BCUT2D eigenvalue weighted by atomic mass is 10.0. The normalized spacial score (nSPS) is 19.0. The van der Waals surface area contributed by atoms with Gasteiger partial charge in [-0.2, -0.15) is 0 Å². The molecule has 19 heavy (non-hydrogen) atoms. The third-order valence-electron chi connectivity index (χ3n) is 3.25. The van der Waals surface area contributed by atoms with E-state index in [0.717, 1.165) is 25.9 Å². The number of hydrogen-bond acceptors (Lipinski definition) is 3. The van der Waals surface area contributed by atoms with Crippen molar-refractivity contribution in [2.75, 3.05) is 18.4 Å². The molecule has 6 nitrogen and oxygen atoms in total. The van der Waals surface area contributed by atoms with Crippen LogP contribution in [0.25, 0.3) is 0 Å². The molecule has 6 heteroatoms. The van der Waals surface area contributed by atoms with Crippen LogP contribution in [0.4, 0.5) is 16.2 Å². The van der Waals surface area contributed by atoms with E-state index in [1.54, 1.807) is 17.0 Å². The third kappa shape index (κ3) is 3.43. The van der Waals surface area contributed by atoms with Gasteiger partial charge in [0.25, 0.3) is 5.69 Å². The van der Waals surface area contributed by atoms with Crippen LogP contribution in [0.15, 0.2) is 24.3 Å². The summed E-state index contributed by atoms with van der Waals surface area (Å²) in [5.41, 5.74) is 0.433. The summed E-state index contributed by atoms with van der Waals surface area (Å²) in [6, 6.07) is 5.79. The second-order valence-electron chi connectivity index (χ2n) is 4.93. The molecule has 0 aromatic heterocycles. The molecule has 1 aliphatic rings. The van der Waals surface area contributed by atoms with Crippen molar-refractivity contribution < 1.29 is 9.72 Å². The molecular formula is C13H17N3O3. The van der Waals surface area contributed by atoms with Gasteiger partial charge in [0, 0.05) is 30.9 Å². The highest BCUT2D eigenvalue weighted by Crippen LogP contribution is 2.19. The summed E-state index contributed by atoms with van der Waals surface area (Å²) in [5.74, 6) is 0.504. The van der Waals surface area contributed by atoms with E-state index in [-0.39, 0.29) is 11.7 Å². The maximum Gasteiger partial charge on any atom is 0.321 e. The number of likely N-dealkylation sites (tertiary alicyclic amines) is 1. The van der Waals surface area contributed by atoms with Crippen LogP contribution in [0.5, 0.6) is 0 Å². The molecule has 1 aromatic rings. The largest absolute Gasteiger partial charge is 0.324 e. The predicted molar refractivity (Wildman–Crippen MR) is 72.1 cm³/mol. The topological polar surface area (TPSA) is 75.5 Å². The zero-order chi connectivity index (χ0) is 13.8. The number of nitro groups is 1. The Morgan fingerprint density at radius 1 is 1.53 bits per heavy atom. The first-order valence-corrected chi connectivity index (χ1v) is 6.36. The highest BCUT2D eigenvalue weighted by atomic mass is 16.6. The number of nitrogens with zero attached hydrogens (tertiary/aromatic N) is 2. The Bertz CT molecular complexity index is 490. The van der Waals surface area contributed by atoms with Gasteiger partial charge in [-0.15, -0.1) is 0 Å². The van der Waals surface area contributed by atoms with Crippen molar-refractivity contribution in [3.8, 4) is 0 Å². The van der Waals surface area contributed by atoms with Crippen LogP contribution in [0.1, 0.15) is 19.8 Å². The Morgan fingerprint density at radius 3 is 3.00 bits per heavy atom. The third-order valence-corrected chi connectivity index (χ3v) is 3.25. The Balaban J connectivity index is 2.02. The molecule has 2 amide bonds. The number of piperidine rings is 1. The van der Waals surface area contributed by atoms with Gasteiger partial charge in [0.05, 0.1) is 4.92 Å². The van der Waals surface area contributed by atoms with Crippen molar-refractivity contribution in [2.45, 2.75) is 19.8 Å². The molecular weight excluding hydrogens is 246 g/mol. The number of nitro benzene ring substituents is 1. The van der Waals surface area contributed by atoms with Gasteiger partial charge in [0.1, 0.15) is 0 Å². The highest BCUT2D eigenvalue weighted by molar-refractivity contribution is 5.89. The molecule has 1 unspecified atom stereocenters. The number of hydrogen-bond donors (Lipinski definition) is 1. The van der Waals surface area contributed by atoms with Gasteiger partial charge < -0.3 is 10.2 Å². The van der Waals surface area contributed by atoms with Crippen LogP contribution in [0, 0.1) is 16.0 Å². The van der Waals surface area contributed by atoms with Crippen LogP contribution in [0.2, 0.25) is 0 Å². The molecule has 1 aliphatic heterocycles. The van der Waals surface area contributed by atoms with Crippen LogP contribution < -0.4 is 5.32 Å². The Morgan fingerprint density at radius 2 is 2.32 bits per heavy atom. The fourth-order valence-corrected chi connectivity index (χ4v) is 2.27. The second-order valence-corrected chi connectivity index (χ2v) is 4.93. The number of urea groups is 1. The Kier molecular flexibility index (Phi) is 3.99. The van der Waals surface area contributed by atoms with E-state index in [1.165, 1.54) is 12.1 Å². The first kappa shape index (κ1) is 13.3. The zero-order valence-corrected chi connectivity index (χ0v) is 10.8. The lowest BCUT2D eigenvalue weighted by molar-refractivity contribution is -0.384. The van der Waals surface area contributed by atoms with Crippen molar-refractivity contribution >= 4 is 17.4 Å². The van der Waals surface area contributed by atoms with Gasteiger partial charge in [0.15, 0.2) is 0 Å². The molecule has 0 aliphatic carbocycles. The monoisotopic (exact) mass is 263 g/mol. The van der Waals surface area contributed by atoms with E-state index >= 15 is 0 Å². The number of non-ortho nitro benzene ring substituents is 1. The van der Waals surface area contributed by atoms with Crippen molar-refractivity contribution in [3.63, 3.8) is 0 Å². The summed E-state index contributed by atoms with van der Waals surface area (Å²) in [7, 11) is 0. The summed E-state index contributed by atoms with van der Waals surface area (Å²) >= 11 is 0. The summed E-state index contributed by atoms with van der Waals surface area (Å²) < 4.78 is 0. The molecule has 2 rings (SSSR count). The minimum Gasteiger partial charge on any atom is -0.324 e. The van der Waals surface area contributed by atoms with E-state index in [1.807, 2.05) is 0 Å². The smallest absolute Gasteiger partial charge is 0.321 e. The van der Waals surface area contributed by atoms with E-state index in [2.05, 4.69) is 12.2 Å². The maximum atomic E-state index is 12.0. The summed E-state index contributed by atoms with van der Waals surface area (Å²) in [4.78, 5) is 24.0. The van der Waals surface area contributed by atoms with Gasteiger partial charge >= 0.3 is 6.03 Å². The predicted octanol–water partition coefficient (Wildman–Crippen LogP) is 2.86. The molecule has 102 valence electrons. The molecule has 0 bridgehead atoms. The van der Waals surface area contributed by atoms with E-state index < -0.39 is 4.92 Å². The lowest BCUT2D eigenvalue weighted by Crippen LogP contribution is -2.41. The van der Waals surface area contributed by atoms with E-state index in [0.29, 0.717) is 11.6 Å². The number of benzene rings is 1. The Hall–Kier alpha value is -2.11. The van der Waals surface area contributed by atoms with Crippen LogP contribution >= 0.6 is 0 Å². The van der Waals surface area contributed by atoms with Crippen molar-refractivity contribution in [2.24, 2.45) is 5.92 Å². The van der Waals surface area contributed by atoms with Crippen molar-refractivity contribution in [1.29, 1.82) is 0 Å². The first-order valence-electron chi connectivity index (χ1n) is 6.36. The number of carbonyl (C=O) groups is 1. The number of nitrogens with one attached hydrogen (secondary N) is 1. The minimum atomic E-state index is -0.474. The molecule has 0 spiro atoms. The molecule has 1 aromatic carbocycles. The first-order chi connectivity index (χ1) is 9.06. The molecule has 0 saturated carbocycles. The summed E-state index contributed by atoms with van der Waals surface area (Å²) in [6.07, 6.45) is 2.14. The molecule has 1 saturated heterocycles. The maximum absolute atomic E-state index is 12.0. The SMILES string of the molecule is CC1CCCN(C(=O)Nc2cccc([N+](=O)[O-])c2)C1. The summed E-state index contributed by atoms with van der Waals surface area (Å²) in [5, 5.41) is 13.4. The van der Waals surface area contributed by atoms with Crippen molar-refractivity contribution in [3.05, 3.63) is 34.4 Å². The second kappa shape index (κ2) is 5.69. The quantitative estimate of drug-likeness (QED) is 0.658. The Labute approximate surface area is 111 Å². The highest BCUT2D eigenvalue weighted by Gasteiger charge is 2.21. The van der Waals surface area contributed by atoms with Gasteiger partial charge in [0.2, 0.25) is 0 Å². The lowest BCUT2D eigenvalue weighted by Gasteiger charge is -2.30. The molecule has 1 N–H and O–H groups in total. The van der Waals surface area contributed by atoms with E-state index in [9.17, 15) is 14.9 Å². The fourth-order valence-electron chi connectivity index (χ4n) is 2.27. The molecule has 1 atom stereocenters. The average Bonchev–Trinajstić information content (AvgIpc) is 2.39. The molecule has 0 radical (unpaired) electrons. The average molecular weight is 263 g/mol. The van der Waals surface area contributed by atoms with Crippen LogP contribution in [0.3, 0.4) is 0 Å². The van der Waals surface area contributed by atoms with E-state index in [4.69, 9.17) is 0 Å². The molecule has 1 heterocycles. The van der Waals surface area contributed by atoms with Crippen LogP contribution in [-0.4, -0.2) is 28.9 Å². The van der Waals surface area contributed by atoms with Gasteiger partial charge in [-0.3, -0.25) is 10.1 Å². The minimum absolute atomic E-state index is 0.0233. The van der Waals surface area contributed by atoms with Gasteiger partial charge in [-0.05, 0) is 24.8 Å². The zero-order valence-electron chi connectivity index (χ0n) is 10.8. The number of anilines is 1. The fraction of sp³-hybridized carbons (Fsp3) is 0.462. The number of rotatable bonds is 2. The summed E-state index contributed by atoms with van der Waals surface area (Å²) in [6.45, 7) is 3.60. The van der Waals surface area contributed by atoms with Gasteiger partial charge in [-0.25, -0.2) is 4.79 Å². The number of carbonyl (C=O) groups excluding carboxylic acids is 1. The van der Waals surface area contributed by atoms with Gasteiger partial charge in [-0.1, -0.05) is 13.0 Å².